The predicted molar refractivity (Wildman–Crippen MR) is 84.0 cm³/mol. The first-order valence-corrected chi connectivity index (χ1v) is 7.19. The summed E-state index contributed by atoms with van der Waals surface area (Å²) in [6.07, 6.45) is -0.225. The maximum atomic E-state index is 10.5. The third kappa shape index (κ3) is 5.52. The first kappa shape index (κ1) is 17.1. The Morgan fingerprint density at radius 1 is 1.21 bits per heavy atom. The highest BCUT2D eigenvalue weighted by atomic mass is 16.6. The average Bonchev–Trinajstić information content (AvgIpc) is 3.02. The largest absolute Gasteiger partial charge is 0.494 e. The second-order valence-electron chi connectivity index (χ2n) is 4.80. The number of rotatable bonds is 8. The number of hydrogen-bond donors (Lipinski definition) is 3. The van der Waals surface area contributed by atoms with Gasteiger partial charge in [-0.05, 0) is 30.7 Å². The number of carbonyl (C=O) groups is 2. The van der Waals surface area contributed by atoms with E-state index < -0.39 is 12.1 Å². The lowest BCUT2D eigenvalue weighted by atomic mass is 10.1. The number of amides is 3. The van der Waals surface area contributed by atoms with Crippen molar-refractivity contribution in [2.45, 2.75) is 13.0 Å². The molecule has 1 heterocycles. The summed E-state index contributed by atoms with van der Waals surface area (Å²) < 4.78 is 15.2. The Balaban J connectivity index is 1.83. The van der Waals surface area contributed by atoms with Gasteiger partial charge in [0.15, 0.2) is 12.4 Å². The molecule has 128 valence electrons. The summed E-state index contributed by atoms with van der Waals surface area (Å²) in [5, 5.41) is 6.38. The van der Waals surface area contributed by atoms with Crippen LogP contribution in [0.4, 0.5) is 9.59 Å². The maximum Gasteiger partial charge on any atom is 0.404 e. The molecule has 0 atom stereocenters. The third-order valence-electron chi connectivity index (χ3n) is 2.95. The smallest absolute Gasteiger partial charge is 0.404 e. The molecule has 0 saturated heterocycles. The van der Waals surface area contributed by atoms with Gasteiger partial charge in [-0.15, -0.1) is 0 Å². The molecule has 24 heavy (non-hydrogen) atoms. The minimum absolute atomic E-state index is 0.0666. The van der Waals surface area contributed by atoms with Crippen molar-refractivity contribution in [3.63, 3.8) is 0 Å². The van der Waals surface area contributed by atoms with Crippen molar-refractivity contribution in [2.75, 3.05) is 13.2 Å². The molecule has 0 aliphatic heterocycles. The van der Waals surface area contributed by atoms with Crippen LogP contribution in [0.15, 0.2) is 34.9 Å². The van der Waals surface area contributed by atoms with E-state index in [2.05, 4.69) is 15.2 Å². The second-order valence-corrected chi connectivity index (χ2v) is 4.80. The lowest BCUT2D eigenvalue weighted by Crippen LogP contribution is -2.30. The molecule has 3 amide bonds. The Morgan fingerprint density at radius 3 is 2.62 bits per heavy atom. The van der Waals surface area contributed by atoms with Gasteiger partial charge in [-0.2, -0.15) is 0 Å². The van der Waals surface area contributed by atoms with Crippen molar-refractivity contribution in [1.29, 1.82) is 0 Å². The van der Waals surface area contributed by atoms with E-state index in [1.54, 1.807) is 18.2 Å². The van der Waals surface area contributed by atoms with Crippen LogP contribution in [-0.2, 0) is 11.3 Å². The first-order valence-electron chi connectivity index (χ1n) is 7.19. The molecule has 0 fully saturated rings. The number of ether oxygens (including phenoxy) is 2. The number of hydrogen-bond acceptors (Lipinski definition) is 6. The van der Waals surface area contributed by atoms with Gasteiger partial charge in [0.2, 0.25) is 0 Å². The van der Waals surface area contributed by atoms with Crippen molar-refractivity contribution in [3.8, 4) is 17.0 Å². The molecule has 1 aromatic carbocycles. The lowest BCUT2D eigenvalue weighted by Gasteiger charge is -2.06. The molecule has 1 aromatic heterocycles. The zero-order valence-corrected chi connectivity index (χ0v) is 12.9. The SMILES string of the molecule is NC(=O)NCCCOc1ccc(-c2cc(COC(N)=O)on2)cc1. The van der Waals surface area contributed by atoms with Crippen LogP contribution in [0.1, 0.15) is 12.2 Å². The van der Waals surface area contributed by atoms with Crippen molar-refractivity contribution in [2.24, 2.45) is 11.5 Å². The van der Waals surface area contributed by atoms with Gasteiger partial charge in [0.05, 0.1) is 6.61 Å². The van der Waals surface area contributed by atoms with Crippen LogP contribution in [-0.4, -0.2) is 30.4 Å². The molecule has 2 rings (SSSR count). The first-order chi connectivity index (χ1) is 11.5. The van der Waals surface area contributed by atoms with Crippen molar-refractivity contribution >= 4 is 12.1 Å². The van der Waals surface area contributed by atoms with E-state index in [0.29, 0.717) is 36.8 Å². The summed E-state index contributed by atoms with van der Waals surface area (Å²) in [5.74, 6) is 1.09. The molecule has 0 radical (unpaired) electrons. The second kappa shape index (κ2) is 8.42. The van der Waals surface area contributed by atoms with Crippen molar-refractivity contribution in [3.05, 3.63) is 36.1 Å². The molecule has 2 aromatic rings. The molecule has 0 aliphatic rings. The molecular formula is C15H18N4O5. The van der Waals surface area contributed by atoms with Crippen LogP contribution in [0.5, 0.6) is 5.75 Å². The zero-order valence-electron chi connectivity index (χ0n) is 12.9. The van der Waals surface area contributed by atoms with Gasteiger partial charge in [0, 0.05) is 18.2 Å². The Labute approximate surface area is 137 Å². The molecule has 5 N–H and O–H groups in total. The van der Waals surface area contributed by atoms with Gasteiger partial charge in [-0.25, -0.2) is 9.59 Å². The molecule has 9 heteroatoms. The van der Waals surface area contributed by atoms with Gasteiger partial charge in [-0.1, -0.05) is 5.16 Å². The summed E-state index contributed by atoms with van der Waals surface area (Å²) in [6.45, 7) is 0.851. The summed E-state index contributed by atoms with van der Waals surface area (Å²) in [4.78, 5) is 21.1. The van der Waals surface area contributed by atoms with Gasteiger partial charge < -0.3 is 30.8 Å². The molecule has 9 nitrogen and oxygen atoms in total. The number of urea groups is 1. The van der Waals surface area contributed by atoms with Crippen LogP contribution >= 0.6 is 0 Å². The summed E-state index contributed by atoms with van der Waals surface area (Å²) in [6, 6.07) is 8.36. The number of carbonyl (C=O) groups excluding carboxylic acids is 2. The quantitative estimate of drug-likeness (QED) is 0.622. The highest BCUT2D eigenvalue weighted by molar-refractivity contribution is 5.71. The lowest BCUT2D eigenvalue weighted by molar-refractivity contribution is 0.137. The Kier molecular flexibility index (Phi) is 6.01. The van der Waals surface area contributed by atoms with E-state index >= 15 is 0 Å². The van der Waals surface area contributed by atoms with Crippen LogP contribution in [0.25, 0.3) is 11.3 Å². The predicted octanol–water partition coefficient (Wildman–Crippen LogP) is 1.37. The van der Waals surface area contributed by atoms with E-state index in [-0.39, 0.29) is 6.61 Å². The van der Waals surface area contributed by atoms with E-state index in [1.807, 2.05) is 12.1 Å². The molecular weight excluding hydrogens is 316 g/mol. The molecule has 0 aliphatic carbocycles. The molecule has 0 saturated carbocycles. The summed E-state index contributed by atoms with van der Waals surface area (Å²) >= 11 is 0. The third-order valence-corrected chi connectivity index (χ3v) is 2.95. The van der Waals surface area contributed by atoms with E-state index in [1.165, 1.54) is 0 Å². The standard InChI is InChI=1S/C15H18N4O5/c16-14(20)18-6-1-7-22-11-4-2-10(3-5-11)13-8-12(24-19-13)9-23-15(17)21/h2-5,8H,1,6-7,9H2,(H2,17,21)(H3,16,18,20). The normalized spacial score (nSPS) is 10.2. The zero-order chi connectivity index (χ0) is 17.4. The fourth-order valence-corrected chi connectivity index (χ4v) is 1.86. The summed E-state index contributed by atoms with van der Waals surface area (Å²) in [5.41, 5.74) is 11.3. The van der Waals surface area contributed by atoms with Crippen LogP contribution in [0.2, 0.25) is 0 Å². The van der Waals surface area contributed by atoms with E-state index in [0.717, 1.165) is 5.56 Å². The monoisotopic (exact) mass is 334 g/mol. The van der Waals surface area contributed by atoms with Gasteiger partial charge in [0.1, 0.15) is 11.4 Å². The van der Waals surface area contributed by atoms with Gasteiger partial charge in [-0.3, -0.25) is 0 Å². The topological polar surface area (TPSA) is 143 Å². The Bertz CT molecular complexity index is 683. The fraction of sp³-hybridized carbons (Fsp3) is 0.267. The number of benzene rings is 1. The van der Waals surface area contributed by atoms with Gasteiger partial charge >= 0.3 is 12.1 Å². The molecule has 0 unspecified atom stereocenters. The molecule has 0 spiro atoms. The summed E-state index contributed by atoms with van der Waals surface area (Å²) in [7, 11) is 0. The Hall–Kier alpha value is -3.23. The van der Waals surface area contributed by atoms with Crippen LogP contribution in [0.3, 0.4) is 0 Å². The van der Waals surface area contributed by atoms with Gasteiger partial charge in [0.25, 0.3) is 0 Å². The Morgan fingerprint density at radius 2 is 1.96 bits per heavy atom. The van der Waals surface area contributed by atoms with Crippen LogP contribution < -0.4 is 21.5 Å². The van der Waals surface area contributed by atoms with Crippen molar-refractivity contribution in [1.82, 2.24) is 10.5 Å². The maximum absolute atomic E-state index is 10.5. The number of nitrogens with one attached hydrogen (secondary N) is 1. The number of nitrogens with zero attached hydrogens (tertiary/aromatic N) is 1. The minimum atomic E-state index is -0.875. The highest BCUT2D eigenvalue weighted by Gasteiger charge is 2.08. The highest BCUT2D eigenvalue weighted by Crippen LogP contribution is 2.22. The fourth-order valence-electron chi connectivity index (χ4n) is 1.86. The minimum Gasteiger partial charge on any atom is -0.494 e. The average molecular weight is 334 g/mol. The van der Waals surface area contributed by atoms with Crippen LogP contribution in [0, 0.1) is 0 Å². The van der Waals surface area contributed by atoms with E-state index in [4.69, 9.17) is 20.7 Å². The number of primary amides is 2. The number of nitrogens with two attached hydrogens (primary N) is 2. The van der Waals surface area contributed by atoms with E-state index in [9.17, 15) is 9.59 Å². The number of aromatic nitrogens is 1. The molecule has 0 bridgehead atoms. The van der Waals surface area contributed by atoms with Crippen molar-refractivity contribution < 1.29 is 23.6 Å².